The van der Waals surface area contributed by atoms with Crippen LogP contribution < -0.4 is 5.32 Å². The largest absolute Gasteiger partial charge is 0.354 e. The third-order valence-electron chi connectivity index (χ3n) is 6.25. The Bertz CT molecular complexity index is 1710. The summed E-state index contributed by atoms with van der Waals surface area (Å²) < 4.78 is 62.7. The quantitative estimate of drug-likeness (QED) is 0.292. The predicted octanol–water partition coefficient (Wildman–Crippen LogP) is 4.47. The molecular formula is C27H25N3O6S3. The third kappa shape index (κ3) is 6.01. The Hall–Kier alpha value is -3.26. The molecule has 0 aromatic heterocycles. The van der Waals surface area contributed by atoms with Crippen LogP contribution in [0.3, 0.4) is 0 Å². The minimum Gasteiger partial charge on any atom is -0.354 e. The highest BCUT2D eigenvalue weighted by Gasteiger charge is 2.23. The minimum absolute atomic E-state index is 0.0233. The van der Waals surface area contributed by atoms with E-state index >= 15 is 0 Å². The number of para-hydroxylation sites is 1. The van der Waals surface area contributed by atoms with Crippen molar-refractivity contribution in [2.45, 2.75) is 19.6 Å². The van der Waals surface area contributed by atoms with Crippen molar-refractivity contribution < 1.29 is 25.9 Å². The first-order chi connectivity index (χ1) is 18.6. The fourth-order valence-electron chi connectivity index (χ4n) is 4.49. The number of hydrogen-bond donors (Lipinski definition) is 3. The van der Waals surface area contributed by atoms with Crippen molar-refractivity contribution in [1.29, 1.82) is 0 Å². The molecule has 0 amide bonds. The molecule has 3 N–H and O–H groups in total. The van der Waals surface area contributed by atoms with Gasteiger partial charge < -0.3 is 10.2 Å². The molecule has 1 saturated heterocycles. The summed E-state index contributed by atoms with van der Waals surface area (Å²) in [5.41, 5.74) is 2.33. The van der Waals surface area contributed by atoms with Crippen LogP contribution >= 0.6 is 11.8 Å². The van der Waals surface area contributed by atoms with Gasteiger partial charge in [0.25, 0.3) is 20.2 Å². The summed E-state index contributed by atoms with van der Waals surface area (Å²) in [6.45, 7) is 4.08. The van der Waals surface area contributed by atoms with Gasteiger partial charge in [0, 0.05) is 52.3 Å². The molecule has 0 saturated carbocycles. The lowest BCUT2D eigenvalue weighted by atomic mass is 10.1. The molecule has 0 spiro atoms. The first kappa shape index (κ1) is 27.3. The Labute approximate surface area is 231 Å². The molecule has 39 heavy (non-hydrogen) atoms. The van der Waals surface area contributed by atoms with Crippen LogP contribution in [0, 0.1) is 0 Å². The molecule has 6 rings (SSSR count). The van der Waals surface area contributed by atoms with Crippen LogP contribution in [0.4, 0.5) is 5.69 Å². The molecule has 0 aliphatic carbocycles. The Morgan fingerprint density at radius 1 is 0.692 bits per heavy atom. The van der Waals surface area contributed by atoms with E-state index in [1.807, 2.05) is 11.8 Å². The highest BCUT2D eigenvalue weighted by atomic mass is 32.2. The van der Waals surface area contributed by atoms with Gasteiger partial charge in [-0.15, -0.1) is 0 Å². The highest BCUT2D eigenvalue weighted by molar-refractivity contribution is 7.99. The molecule has 4 aromatic carbocycles. The fourth-order valence-corrected chi connectivity index (χ4v) is 6.92. The smallest absolute Gasteiger partial charge is 0.295 e. The summed E-state index contributed by atoms with van der Waals surface area (Å²) in [7, 11) is -8.94. The standard InChI is InChI=1S/C17H17N3S.C10H8O6S2/c1-3-7-15-13(5-1)17(20-11-9-18-10-12-20)19-14-6-2-4-8-16(14)21-15;11-17(12,13)9-5-1-3-7-8(9)4-2-6-10(7)18(14,15)16/h1-8,18H,9-12H2;1-6H,(H,11,12,13)(H,14,15,16). The summed E-state index contributed by atoms with van der Waals surface area (Å²) in [5, 5.41) is 3.46. The van der Waals surface area contributed by atoms with Crippen LogP contribution in [0.1, 0.15) is 5.56 Å². The first-order valence-corrected chi connectivity index (χ1v) is 15.7. The van der Waals surface area contributed by atoms with Crippen molar-refractivity contribution in [2.75, 3.05) is 26.2 Å². The molecule has 4 aromatic rings. The molecule has 2 heterocycles. The molecule has 2 aliphatic heterocycles. The van der Waals surface area contributed by atoms with Crippen molar-refractivity contribution in [2.24, 2.45) is 4.99 Å². The zero-order valence-corrected chi connectivity index (χ0v) is 23.0. The molecule has 0 bridgehead atoms. The predicted molar refractivity (Wildman–Crippen MR) is 151 cm³/mol. The average Bonchev–Trinajstić information content (AvgIpc) is 3.09. The average molecular weight is 584 g/mol. The van der Waals surface area contributed by atoms with Gasteiger partial charge in [-0.1, -0.05) is 66.4 Å². The second kappa shape index (κ2) is 11.1. The van der Waals surface area contributed by atoms with Gasteiger partial charge in [-0.05, 0) is 30.3 Å². The molecule has 0 radical (unpaired) electrons. The molecule has 1 fully saturated rings. The van der Waals surface area contributed by atoms with Crippen LogP contribution in [0.5, 0.6) is 0 Å². The van der Waals surface area contributed by atoms with Crippen molar-refractivity contribution >= 4 is 54.3 Å². The van der Waals surface area contributed by atoms with Crippen molar-refractivity contribution in [3.05, 3.63) is 90.5 Å². The SMILES string of the molecule is O=S(=O)(O)c1cccc2c(S(=O)(=O)O)cccc12.c1ccc2c(c1)N=C(N1CCNCC1)c1ccccc1S2. The summed E-state index contributed by atoms with van der Waals surface area (Å²) in [5.74, 6) is 1.12. The van der Waals surface area contributed by atoms with Gasteiger partial charge in [-0.25, -0.2) is 4.99 Å². The zero-order chi connectivity index (χ0) is 27.6. The normalized spacial score (nSPS) is 15.3. The maximum Gasteiger partial charge on any atom is 0.295 e. The number of nitrogens with zero attached hydrogens (tertiary/aromatic N) is 2. The number of benzene rings is 4. The van der Waals surface area contributed by atoms with Crippen LogP contribution in [0.15, 0.2) is 110 Å². The van der Waals surface area contributed by atoms with Crippen LogP contribution in [0.25, 0.3) is 10.8 Å². The number of fused-ring (bicyclic) bond motifs is 3. The molecule has 0 atom stereocenters. The Morgan fingerprint density at radius 2 is 1.23 bits per heavy atom. The maximum atomic E-state index is 11.2. The number of hydrogen-bond acceptors (Lipinski definition) is 8. The summed E-state index contributed by atoms with van der Waals surface area (Å²) >= 11 is 1.81. The Balaban J connectivity index is 0.000000160. The lowest BCUT2D eigenvalue weighted by Gasteiger charge is -2.30. The summed E-state index contributed by atoms with van der Waals surface area (Å²) in [6.07, 6.45) is 0. The van der Waals surface area contributed by atoms with Gasteiger partial charge in [-0.2, -0.15) is 16.8 Å². The van der Waals surface area contributed by atoms with E-state index in [0.717, 1.165) is 49.8 Å². The summed E-state index contributed by atoms with van der Waals surface area (Å²) in [6, 6.07) is 24.5. The van der Waals surface area contributed by atoms with E-state index in [0.29, 0.717) is 0 Å². The zero-order valence-electron chi connectivity index (χ0n) is 20.6. The lowest BCUT2D eigenvalue weighted by Crippen LogP contribution is -2.46. The van der Waals surface area contributed by atoms with Crippen molar-refractivity contribution in [3.63, 3.8) is 0 Å². The fraction of sp³-hybridized carbons (Fsp3) is 0.148. The van der Waals surface area contributed by atoms with Gasteiger partial charge >= 0.3 is 0 Å². The monoisotopic (exact) mass is 583 g/mol. The van der Waals surface area contributed by atoms with Gasteiger partial charge in [0.05, 0.1) is 5.69 Å². The van der Waals surface area contributed by atoms with E-state index in [2.05, 4.69) is 58.7 Å². The molecule has 9 nitrogen and oxygen atoms in total. The van der Waals surface area contributed by atoms with E-state index in [9.17, 15) is 16.8 Å². The van der Waals surface area contributed by atoms with Gasteiger partial charge in [0.2, 0.25) is 0 Å². The lowest BCUT2D eigenvalue weighted by molar-refractivity contribution is 0.358. The Kier molecular flexibility index (Phi) is 7.76. The van der Waals surface area contributed by atoms with E-state index < -0.39 is 30.0 Å². The number of amidine groups is 1. The van der Waals surface area contributed by atoms with Crippen LogP contribution in [0.2, 0.25) is 0 Å². The molecule has 12 heteroatoms. The number of rotatable bonds is 2. The molecule has 0 unspecified atom stereocenters. The topological polar surface area (TPSA) is 136 Å². The van der Waals surface area contributed by atoms with E-state index in [4.69, 9.17) is 14.1 Å². The number of aliphatic imine (C=N–C) groups is 1. The minimum atomic E-state index is -4.47. The van der Waals surface area contributed by atoms with Crippen molar-refractivity contribution in [3.8, 4) is 0 Å². The van der Waals surface area contributed by atoms with Gasteiger partial charge in [0.1, 0.15) is 15.6 Å². The van der Waals surface area contributed by atoms with Crippen LogP contribution in [-0.2, 0) is 20.2 Å². The van der Waals surface area contributed by atoms with Crippen LogP contribution in [-0.4, -0.2) is 62.9 Å². The number of piperazine rings is 1. The first-order valence-electron chi connectivity index (χ1n) is 12.0. The molecule has 202 valence electrons. The third-order valence-corrected chi connectivity index (χ3v) is 9.22. The van der Waals surface area contributed by atoms with Gasteiger partial charge in [0.15, 0.2) is 0 Å². The number of nitrogens with one attached hydrogen (secondary N) is 1. The second-order valence-electron chi connectivity index (χ2n) is 8.80. The molecule has 2 aliphatic rings. The summed E-state index contributed by atoms with van der Waals surface area (Å²) in [4.78, 5) is 9.10. The van der Waals surface area contributed by atoms with Gasteiger partial charge in [-0.3, -0.25) is 9.11 Å². The maximum absolute atomic E-state index is 11.2. The van der Waals surface area contributed by atoms with E-state index in [1.165, 1.54) is 39.6 Å². The second-order valence-corrected chi connectivity index (χ2v) is 12.7. The van der Waals surface area contributed by atoms with E-state index in [-0.39, 0.29) is 10.8 Å². The highest BCUT2D eigenvalue weighted by Crippen LogP contribution is 2.40. The molecular weight excluding hydrogens is 559 g/mol. The van der Waals surface area contributed by atoms with Crippen molar-refractivity contribution in [1.82, 2.24) is 10.2 Å². The van der Waals surface area contributed by atoms with E-state index in [1.54, 1.807) is 0 Å². The Morgan fingerprint density at radius 3 is 1.82 bits per heavy atom.